The van der Waals surface area contributed by atoms with E-state index in [1.165, 1.54) is 0 Å². The molecule has 3 aromatic rings. The van der Waals surface area contributed by atoms with Gasteiger partial charge < -0.3 is 4.90 Å². The third-order valence-corrected chi connectivity index (χ3v) is 3.96. The fourth-order valence-electron chi connectivity index (χ4n) is 2.71. The molecule has 0 saturated carbocycles. The van der Waals surface area contributed by atoms with E-state index in [1.54, 1.807) is 6.20 Å². The van der Waals surface area contributed by atoms with Crippen molar-refractivity contribution >= 4 is 16.7 Å². The van der Waals surface area contributed by atoms with E-state index < -0.39 is 0 Å². The van der Waals surface area contributed by atoms with Gasteiger partial charge in [0.15, 0.2) is 0 Å². The Morgan fingerprint density at radius 3 is 2.67 bits per heavy atom. The second-order valence-corrected chi connectivity index (χ2v) is 5.31. The SMILES string of the molecule is O=C(c1ccc2ccccc2c1)N1CC(n2ccnn2)C1. The van der Waals surface area contributed by atoms with Gasteiger partial charge in [-0.2, -0.15) is 0 Å². The number of carbonyl (C=O) groups is 1. The molecule has 1 aromatic heterocycles. The van der Waals surface area contributed by atoms with Gasteiger partial charge in [-0.3, -0.25) is 4.79 Å². The normalized spacial score (nSPS) is 15.1. The van der Waals surface area contributed by atoms with Crippen molar-refractivity contribution in [3.63, 3.8) is 0 Å². The molecule has 2 heterocycles. The molecule has 0 N–H and O–H groups in total. The van der Waals surface area contributed by atoms with Crippen molar-refractivity contribution in [2.75, 3.05) is 13.1 Å². The van der Waals surface area contributed by atoms with Crippen LogP contribution in [0.4, 0.5) is 0 Å². The van der Waals surface area contributed by atoms with Gasteiger partial charge >= 0.3 is 0 Å². The van der Waals surface area contributed by atoms with Crippen LogP contribution in [0, 0.1) is 0 Å². The summed E-state index contributed by atoms with van der Waals surface area (Å²) in [7, 11) is 0. The van der Waals surface area contributed by atoms with Crippen molar-refractivity contribution in [1.29, 1.82) is 0 Å². The Morgan fingerprint density at radius 1 is 1.10 bits per heavy atom. The minimum atomic E-state index is 0.0807. The highest BCUT2D eigenvalue weighted by atomic mass is 16.2. The summed E-state index contributed by atoms with van der Waals surface area (Å²) in [6.07, 6.45) is 3.50. The number of hydrogen-bond donors (Lipinski definition) is 0. The van der Waals surface area contributed by atoms with Crippen LogP contribution < -0.4 is 0 Å². The standard InChI is InChI=1S/C16H14N4O/c21-16(19-10-15(11-19)20-8-7-17-18-20)14-6-5-12-3-1-2-4-13(12)9-14/h1-9,15H,10-11H2. The van der Waals surface area contributed by atoms with E-state index in [0.29, 0.717) is 13.1 Å². The molecule has 5 nitrogen and oxygen atoms in total. The van der Waals surface area contributed by atoms with E-state index in [0.717, 1.165) is 16.3 Å². The third kappa shape index (κ3) is 2.07. The van der Waals surface area contributed by atoms with Crippen LogP contribution in [0.5, 0.6) is 0 Å². The molecule has 2 aromatic carbocycles. The second-order valence-electron chi connectivity index (χ2n) is 5.31. The Labute approximate surface area is 121 Å². The maximum absolute atomic E-state index is 12.5. The summed E-state index contributed by atoms with van der Waals surface area (Å²) in [6, 6.07) is 14.2. The largest absolute Gasteiger partial charge is 0.334 e. The number of hydrogen-bond acceptors (Lipinski definition) is 3. The minimum Gasteiger partial charge on any atom is -0.334 e. The molecule has 1 fully saturated rings. The van der Waals surface area contributed by atoms with E-state index in [2.05, 4.69) is 10.3 Å². The summed E-state index contributed by atoms with van der Waals surface area (Å²) in [5.41, 5.74) is 0.741. The van der Waals surface area contributed by atoms with Crippen molar-refractivity contribution < 1.29 is 4.79 Å². The van der Waals surface area contributed by atoms with Gasteiger partial charge in [0.2, 0.25) is 0 Å². The first-order valence-electron chi connectivity index (χ1n) is 6.95. The number of fused-ring (bicyclic) bond motifs is 1. The second kappa shape index (κ2) is 4.70. The minimum absolute atomic E-state index is 0.0807. The van der Waals surface area contributed by atoms with E-state index in [9.17, 15) is 4.79 Å². The first-order chi connectivity index (χ1) is 10.3. The summed E-state index contributed by atoms with van der Waals surface area (Å²) >= 11 is 0. The van der Waals surface area contributed by atoms with E-state index in [1.807, 2.05) is 58.2 Å². The summed E-state index contributed by atoms with van der Waals surface area (Å²) in [5, 5.41) is 10.0. The lowest BCUT2D eigenvalue weighted by Gasteiger charge is -2.38. The maximum atomic E-state index is 12.5. The van der Waals surface area contributed by atoms with Crippen molar-refractivity contribution in [3.05, 3.63) is 60.4 Å². The Hall–Kier alpha value is -2.69. The van der Waals surface area contributed by atoms with Gasteiger partial charge in [-0.05, 0) is 22.9 Å². The highest BCUT2D eigenvalue weighted by molar-refractivity contribution is 5.99. The molecule has 4 rings (SSSR count). The van der Waals surface area contributed by atoms with E-state index in [-0.39, 0.29) is 11.9 Å². The fraction of sp³-hybridized carbons (Fsp3) is 0.188. The maximum Gasteiger partial charge on any atom is 0.254 e. The van der Waals surface area contributed by atoms with Crippen molar-refractivity contribution in [1.82, 2.24) is 19.9 Å². The topological polar surface area (TPSA) is 51.0 Å². The predicted molar refractivity (Wildman–Crippen MR) is 78.9 cm³/mol. The van der Waals surface area contributed by atoms with Crippen molar-refractivity contribution in [3.8, 4) is 0 Å². The summed E-state index contributed by atoms with van der Waals surface area (Å²) in [6.45, 7) is 1.38. The molecular formula is C16H14N4O. The van der Waals surface area contributed by atoms with Crippen LogP contribution in [0.25, 0.3) is 10.8 Å². The molecule has 21 heavy (non-hydrogen) atoms. The monoisotopic (exact) mass is 278 g/mol. The smallest absolute Gasteiger partial charge is 0.254 e. The molecule has 104 valence electrons. The molecule has 0 atom stereocenters. The Bertz CT molecular complexity index is 791. The van der Waals surface area contributed by atoms with Gasteiger partial charge in [0.25, 0.3) is 5.91 Å². The fourth-order valence-corrected chi connectivity index (χ4v) is 2.71. The van der Waals surface area contributed by atoms with Gasteiger partial charge in [0, 0.05) is 24.8 Å². The van der Waals surface area contributed by atoms with Gasteiger partial charge in [0.1, 0.15) is 0 Å². The van der Waals surface area contributed by atoms with Gasteiger partial charge in [-0.15, -0.1) is 5.10 Å². The lowest BCUT2D eigenvalue weighted by atomic mass is 10.0. The number of rotatable bonds is 2. The van der Waals surface area contributed by atoms with Gasteiger partial charge in [-0.1, -0.05) is 35.5 Å². The molecule has 0 unspecified atom stereocenters. The molecular weight excluding hydrogens is 264 g/mol. The van der Waals surface area contributed by atoms with Gasteiger partial charge in [-0.25, -0.2) is 4.68 Å². The van der Waals surface area contributed by atoms with E-state index in [4.69, 9.17) is 0 Å². The zero-order valence-corrected chi connectivity index (χ0v) is 11.4. The van der Waals surface area contributed by atoms with Crippen LogP contribution in [-0.4, -0.2) is 38.9 Å². The Balaban J connectivity index is 1.52. The predicted octanol–water partition coefficient (Wildman–Crippen LogP) is 2.13. The molecule has 5 heteroatoms. The molecule has 1 aliphatic rings. The van der Waals surface area contributed by atoms with Crippen molar-refractivity contribution in [2.24, 2.45) is 0 Å². The van der Waals surface area contributed by atoms with Crippen LogP contribution in [0.15, 0.2) is 54.9 Å². The third-order valence-electron chi connectivity index (χ3n) is 3.96. The average molecular weight is 278 g/mol. The zero-order valence-electron chi connectivity index (χ0n) is 11.4. The van der Waals surface area contributed by atoms with Crippen LogP contribution in [0.1, 0.15) is 16.4 Å². The Kier molecular flexibility index (Phi) is 2.70. The number of carbonyl (C=O) groups excluding carboxylic acids is 1. The first kappa shape index (κ1) is 12.1. The first-order valence-corrected chi connectivity index (χ1v) is 6.95. The lowest BCUT2D eigenvalue weighted by molar-refractivity contribution is 0.0498. The lowest BCUT2D eigenvalue weighted by Crippen LogP contribution is -2.50. The quantitative estimate of drug-likeness (QED) is 0.721. The van der Waals surface area contributed by atoms with E-state index >= 15 is 0 Å². The molecule has 1 amide bonds. The molecule has 0 spiro atoms. The molecule has 1 saturated heterocycles. The summed E-state index contributed by atoms with van der Waals surface area (Å²) < 4.78 is 1.81. The Morgan fingerprint density at radius 2 is 1.90 bits per heavy atom. The average Bonchev–Trinajstić information content (AvgIpc) is 2.99. The zero-order chi connectivity index (χ0) is 14.2. The molecule has 1 aliphatic heterocycles. The molecule has 0 bridgehead atoms. The van der Waals surface area contributed by atoms with Gasteiger partial charge in [0.05, 0.1) is 12.2 Å². The van der Waals surface area contributed by atoms with Crippen LogP contribution >= 0.6 is 0 Å². The highest BCUT2D eigenvalue weighted by Crippen LogP contribution is 2.23. The molecule has 0 radical (unpaired) electrons. The van der Waals surface area contributed by atoms with Crippen LogP contribution in [0.3, 0.4) is 0 Å². The number of nitrogens with zero attached hydrogens (tertiary/aromatic N) is 4. The highest BCUT2D eigenvalue weighted by Gasteiger charge is 2.32. The summed E-state index contributed by atoms with van der Waals surface area (Å²) in [5.74, 6) is 0.0807. The summed E-state index contributed by atoms with van der Waals surface area (Å²) in [4.78, 5) is 14.3. The number of amides is 1. The number of benzene rings is 2. The molecule has 0 aliphatic carbocycles. The van der Waals surface area contributed by atoms with Crippen LogP contribution in [-0.2, 0) is 0 Å². The van der Waals surface area contributed by atoms with Crippen molar-refractivity contribution in [2.45, 2.75) is 6.04 Å². The number of likely N-dealkylation sites (tertiary alicyclic amines) is 1. The van der Waals surface area contributed by atoms with Crippen LogP contribution in [0.2, 0.25) is 0 Å². The number of aromatic nitrogens is 3.